The predicted octanol–water partition coefficient (Wildman–Crippen LogP) is 2.69. The first-order valence-electron chi connectivity index (χ1n) is 5.19. The van der Waals surface area contributed by atoms with E-state index in [2.05, 4.69) is 9.72 Å². The summed E-state index contributed by atoms with van der Waals surface area (Å²) in [5.41, 5.74) is 0.902. The number of halogens is 1. The number of benzene rings is 1. The molecule has 1 heterocycles. The third-order valence-electron chi connectivity index (χ3n) is 2.48. The lowest BCUT2D eigenvalue weighted by molar-refractivity contribution is 0.0598. The van der Waals surface area contributed by atoms with Crippen molar-refractivity contribution in [1.29, 1.82) is 0 Å². The molecule has 1 aromatic carbocycles. The molecule has 5 heteroatoms. The van der Waals surface area contributed by atoms with Crippen molar-refractivity contribution in [2.75, 3.05) is 7.11 Å². The highest BCUT2D eigenvalue weighted by molar-refractivity contribution is 6.31. The molecule has 0 saturated carbocycles. The van der Waals surface area contributed by atoms with Crippen LogP contribution in [0.4, 0.5) is 0 Å². The number of methoxy groups -OCH3 is 1. The monoisotopic (exact) mass is 263 g/mol. The summed E-state index contributed by atoms with van der Waals surface area (Å²) in [4.78, 5) is 26.4. The van der Waals surface area contributed by atoms with Gasteiger partial charge in [-0.05, 0) is 12.1 Å². The van der Waals surface area contributed by atoms with Crippen LogP contribution in [0.3, 0.4) is 0 Å². The van der Waals surface area contributed by atoms with Crippen molar-refractivity contribution in [2.24, 2.45) is 0 Å². The molecule has 4 nitrogen and oxygen atoms in total. The number of aromatic amines is 1. The summed E-state index contributed by atoms with van der Waals surface area (Å²) in [5.74, 6) is -0.833. The van der Waals surface area contributed by atoms with Gasteiger partial charge in [-0.25, -0.2) is 4.79 Å². The van der Waals surface area contributed by atoms with Crippen molar-refractivity contribution in [3.63, 3.8) is 0 Å². The van der Waals surface area contributed by atoms with E-state index in [-0.39, 0.29) is 16.9 Å². The van der Waals surface area contributed by atoms with Gasteiger partial charge < -0.3 is 9.72 Å². The van der Waals surface area contributed by atoms with Gasteiger partial charge >= 0.3 is 5.97 Å². The zero-order valence-corrected chi connectivity index (χ0v) is 10.3. The summed E-state index contributed by atoms with van der Waals surface area (Å²) in [6.07, 6.45) is 2.90. The van der Waals surface area contributed by atoms with Gasteiger partial charge in [0.05, 0.1) is 18.2 Å². The van der Waals surface area contributed by atoms with E-state index in [4.69, 9.17) is 11.6 Å². The molecule has 1 aromatic heterocycles. The zero-order chi connectivity index (χ0) is 13.1. The number of carbonyl (C=O) groups excluding carboxylic acids is 2. The summed E-state index contributed by atoms with van der Waals surface area (Å²) >= 11 is 5.83. The van der Waals surface area contributed by atoms with Gasteiger partial charge in [-0.15, -0.1) is 0 Å². The summed E-state index contributed by atoms with van der Waals surface area (Å²) < 4.78 is 4.61. The molecule has 0 radical (unpaired) electrons. The van der Waals surface area contributed by atoms with Crippen LogP contribution in [-0.4, -0.2) is 23.8 Å². The number of rotatable bonds is 3. The first kappa shape index (κ1) is 12.4. The topological polar surface area (TPSA) is 59.2 Å². The molecule has 2 rings (SSSR count). The first-order valence-corrected chi connectivity index (χ1v) is 5.56. The molecule has 0 fully saturated rings. The van der Waals surface area contributed by atoms with E-state index in [1.54, 1.807) is 24.3 Å². The Morgan fingerprint density at radius 1 is 1.22 bits per heavy atom. The van der Waals surface area contributed by atoms with E-state index in [0.717, 1.165) is 0 Å². The Bertz CT molecular complexity index is 604. The van der Waals surface area contributed by atoms with Crippen molar-refractivity contribution in [1.82, 2.24) is 4.98 Å². The quantitative estimate of drug-likeness (QED) is 0.684. The van der Waals surface area contributed by atoms with Gasteiger partial charge in [0.15, 0.2) is 5.78 Å². The molecule has 0 aliphatic rings. The van der Waals surface area contributed by atoms with E-state index in [1.807, 2.05) is 0 Å². The molecule has 18 heavy (non-hydrogen) atoms. The molecule has 2 aromatic rings. The Morgan fingerprint density at radius 3 is 2.61 bits per heavy atom. The Kier molecular flexibility index (Phi) is 3.48. The number of H-pyrrole nitrogens is 1. The molecular formula is C13H10ClNO3. The largest absolute Gasteiger partial charge is 0.465 e. The minimum atomic E-state index is -0.554. The predicted molar refractivity (Wildman–Crippen MR) is 67.0 cm³/mol. The van der Waals surface area contributed by atoms with Crippen LogP contribution in [0.2, 0.25) is 5.02 Å². The highest BCUT2D eigenvalue weighted by Crippen LogP contribution is 2.18. The van der Waals surface area contributed by atoms with E-state index >= 15 is 0 Å². The smallest absolute Gasteiger partial charge is 0.340 e. The summed E-state index contributed by atoms with van der Waals surface area (Å²) in [7, 11) is 1.27. The Labute approximate surface area is 109 Å². The maximum absolute atomic E-state index is 12.2. The minimum absolute atomic E-state index is 0.211. The van der Waals surface area contributed by atoms with Gasteiger partial charge in [0, 0.05) is 23.0 Å². The lowest BCUT2D eigenvalue weighted by Gasteiger charge is -2.02. The lowest BCUT2D eigenvalue weighted by Crippen LogP contribution is -2.08. The molecule has 0 amide bonds. The fourth-order valence-corrected chi connectivity index (χ4v) is 1.81. The second-order valence-electron chi connectivity index (χ2n) is 3.61. The van der Waals surface area contributed by atoms with Gasteiger partial charge in [-0.3, -0.25) is 4.79 Å². The maximum atomic E-state index is 12.2. The van der Waals surface area contributed by atoms with Crippen molar-refractivity contribution in [3.8, 4) is 0 Å². The average Bonchev–Trinajstić information content (AvgIpc) is 2.86. The van der Waals surface area contributed by atoms with Crippen molar-refractivity contribution in [3.05, 3.63) is 58.4 Å². The second kappa shape index (κ2) is 5.06. The molecule has 0 unspecified atom stereocenters. The molecule has 0 atom stereocenters. The Hall–Kier alpha value is -2.07. The minimum Gasteiger partial charge on any atom is -0.465 e. The van der Waals surface area contributed by atoms with Crippen molar-refractivity contribution in [2.45, 2.75) is 0 Å². The number of aromatic nitrogens is 1. The number of carbonyl (C=O) groups is 2. The van der Waals surface area contributed by atoms with Gasteiger partial charge in [-0.2, -0.15) is 0 Å². The number of ether oxygens (including phenoxy) is 1. The number of nitrogens with one attached hydrogen (secondary N) is 1. The van der Waals surface area contributed by atoms with E-state index in [9.17, 15) is 9.59 Å². The van der Waals surface area contributed by atoms with E-state index in [0.29, 0.717) is 10.6 Å². The third kappa shape index (κ3) is 2.28. The molecule has 92 valence electrons. The Morgan fingerprint density at radius 2 is 1.94 bits per heavy atom. The summed E-state index contributed by atoms with van der Waals surface area (Å²) in [6, 6.07) is 6.55. The van der Waals surface area contributed by atoms with Gasteiger partial charge in [0.2, 0.25) is 0 Å². The molecule has 0 bridgehead atoms. The molecule has 0 aliphatic heterocycles. The molecule has 0 saturated heterocycles. The fourth-order valence-electron chi connectivity index (χ4n) is 1.62. The van der Waals surface area contributed by atoms with Gasteiger partial charge in [0.1, 0.15) is 0 Å². The average molecular weight is 264 g/mol. The second-order valence-corrected chi connectivity index (χ2v) is 4.05. The Balaban J connectivity index is 2.41. The van der Waals surface area contributed by atoms with E-state index in [1.165, 1.54) is 19.5 Å². The highest BCUT2D eigenvalue weighted by atomic mass is 35.5. The van der Waals surface area contributed by atoms with E-state index < -0.39 is 5.97 Å². The maximum Gasteiger partial charge on any atom is 0.340 e. The number of hydrogen-bond donors (Lipinski definition) is 1. The van der Waals surface area contributed by atoms with Crippen LogP contribution in [0.15, 0.2) is 36.7 Å². The lowest BCUT2D eigenvalue weighted by atomic mass is 10.0. The summed E-state index contributed by atoms with van der Waals surface area (Å²) in [5, 5.41) is 0.469. The summed E-state index contributed by atoms with van der Waals surface area (Å²) in [6.45, 7) is 0. The molecule has 0 spiro atoms. The first-order chi connectivity index (χ1) is 8.63. The molecular weight excluding hydrogens is 254 g/mol. The van der Waals surface area contributed by atoms with Gasteiger partial charge in [-0.1, -0.05) is 23.7 Å². The molecule has 1 N–H and O–H groups in total. The van der Waals surface area contributed by atoms with Crippen LogP contribution >= 0.6 is 11.6 Å². The van der Waals surface area contributed by atoms with Crippen LogP contribution in [0.5, 0.6) is 0 Å². The standard InChI is InChI=1S/C13H10ClNO3/c1-18-13(17)11-7-15-6-10(11)12(16)8-3-2-4-9(14)5-8/h2-7,15H,1H3. The zero-order valence-electron chi connectivity index (χ0n) is 9.57. The van der Waals surface area contributed by atoms with Gasteiger partial charge in [0.25, 0.3) is 0 Å². The van der Waals surface area contributed by atoms with Crippen LogP contribution in [0, 0.1) is 0 Å². The van der Waals surface area contributed by atoms with Crippen LogP contribution in [-0.2, 0) is 4.74 Å². The SMILES string of the molecule is COC(=O)c1c[nH]cc1C(=O)c1cccc(Cl)c1. The normalized spacial score (nSPS) is 10.1. The van der Waals surface area contributed by atoms with Crippen LogP contribution in [0.25, 0.3) is 0 Å². The fraction of sp³-hybridized carbons (Fsp3) is 0.0769. The molecule has 0 aliphatic carbocycles. The number of hydrogen-bond acceptors (Lipinski definition) is 3. The van der Waals surface area contributed by atoms with Crippen molar-refractivity contribution >= 4 is 23.4 Å². The van der Waals surface area contributed by atoms with Crippen molar-refractivity contribution < 1.29 is 14.3 Å². The number of esters is 1. The van der Waals surface area contributed by atoms with Crippen LogP contribution < -0.4 is 0 Å². The highest BCUT2D eigenvalue weighted by Gasteiger charge is 2.19. The third-order valence-corrected chi connectivity index (χ3v) is 2.72. The van der Waals surface area contributed by atoms with Crippen LogP contribution in [0.1, 0.15) is 26.3 Å². The number of ketones is 1.